The number of carbonyl (C=O) groups is 5. The van der Waals surface area contributed by atoms with E-state index < -0.39 is 47.4 Å². The summed E-state index contributed by atoms with van der Waals surface area (Å²) in [4.78, 5) is 63.6. The Bertz CT molecular complexity index is 1400. The van der Waals surface area contributed by atoms with Crippen molar-refractivity contribution in [2.75, 3.05) is 25.0 Å². The number of likely N-dealkylation sites (tertiary alicyclic amines) is 1. The zero-order valence-corrected chi connectivity index (χ0v) is 25.9. The third kappa shape index (κ3) is 8.25. The number of hydrogen-bond donors (Lipinski definition) is 5. The molecule has 5 amide bonds. The Morgan fingerprint density at radius 3 is 2.34 bits per heavy atom. The van der Waals surface area contributed by atoms with Crippen molar-refractivity contribution in [2.24, 2.45) is 0 Å². The molecular formula is C31H41N5O8. The molecular weight excluding hydrogens is 570 g/mol. The number of carboxylic acid groups (broad SMARTS) is 1. The molecule has 0 spiro atoms. The SMILES string of the molecule is Cc1cc(COc2ccc(C3(C)CCN(C(C)C(=O)NO)C3=O)cc2)cc(NC(=O)CNC(=O)CN(C(=O)O)C(C)(C)C)c1. The van der Waals surface area contributed by atoms with Crippen molar-refractivity contribution in [1.29, 1.82) is 0 Å². The van der Waals surface area contributed by atoms with Gasteiger partial charge in [-0.05, 0) is 88.9 Å². The first-order valence-electron chi connectivity index (χ1n) is 14.2. The molecule has 5 N–H and O–H groups in total. The number of carbonyl (C=O) groups excluding carboxylic acids is 4. The number of aryl methyl sites for hydroxylation is 1. The number of rotatable bonds is 11. The number of nitrogens with zero attached hydrogens (tertiary/aromatic N) is 2. The predicted molar refractivity (Wildman–Crippen MR) is 161 cm³/mol. The van der Waals surface area contributed by atoms with E-state index in [2.05, 4.69) is 10.6 Å². The van der Waals surface area contributed by atoms with Crippen LogP contribution in [0.4, 0.5) is 10.5 Å². The van der Waals surface area contributed by atoms with Gasteiger partial charge in [0.05, 0.1) is 12.0 Å². The quantitative estimate of drug-likeness (QED) is 0.190. The minimum absolute atomic E-state index is 0.191. The lowest BCUT2D eigenvalue weighted by Gasteiger charge is -2.32. The Kier molecular flexibility index (Phi) is 10.6. The van der Waals surface area contributed by atoms with Crippen molar-refractivity contribution in [1.82, 2.24) is 20.6 Å². The van der Waals surface area contributed by atoms with Crippen molar-refractivity contribution >= 4 is 35.4 Å². The molecule has 2 aromatic rings. The molecule has 2 unspecified atom stereocenters. The van der Waals surface area contributed by atoms with Crippen LogP contribution in [0.3, 0.4) is 0 Å². The van der Waals surface area contributed by atoms with Crippen molar-refractivity contribution in [2.45, 2.75) is 71.6 Å². The molecule has 0 radical (unpaired) electrons. The van der Waals surface area contributed by atoms with Gasteiger partial charge in [-0.25, -0.2) is 10.3 Å². The zero-order valence-electron chi connectivity index (χ0n) is 25.9. The number of benzene rings is 2. The first-order valence-corrected chi connectivity index (χ1v) is 14.2. The Hall–Kier alpha value is -4.65. The van der Waals surface area contributed by atoms with E-state index in [1.54, 1.807) is 57.4 Å². The van der Waals surface area contributed by atoms with Crippen LogP contribution >= 0.6 is 0 Å². The molecule has 0 bridgehead atoms. The second-order valence-corrected chi connectivity index (χ2v) is 12.1. The summed E-state index contributed by atoms with van der Waals surface area (Å²) in [7, 11) is 0. The summed E-state index contributed by atoms with van der Waals surface area (Å²) in [5.74, 6) is -1.31. The predicted octanol–water partition coefficient (Wildman–Crippen LogP) is 2.79. The number of amides is 5. The van der Waals surface area contributed by atoms with Gasteiger partial charge in [0.15, 0.2) is 0 Å². The molecule has 1 fully saturated rings. The van der Waals surface area contributed by atoms with Crippen molar-refractivity contribution in [3.63, 3.8) is 0 Å². The maximum Gasteiger partial charge on any atom is 0.408 e. The molecule has 2 aromatic carbocycles. The molecule has 0 saturated carbocycles. The summed E-state index contributed by atoms with van der Waals surface area (Å²) in [5.41, 5.74) is 2.99. The molecule has 1 aliphatic heterocycles. The smallest absolute Gasteiger partial charge is 0.408 e. The van der Waals surface area contributed by atoms with Crippen LogP contribution in [0.25, 0.3) is 0 Å². The molecule has 1 heterocycles. The Morgan fingerprint density at radius 2 is 1.75 bits per heavy atom. The Balaban J connectivity index is 1.56. The van der Waals surface area contributed by atoms with Gasteiger partial charge >= 0.3 is 6.09 Å². The summed E-state index contributed by atoms with van der Waals surface area (Å²) in [6, 6.07) is 11.8. The Morgan fingerprint density at radius 1 is 1.09 bits per heavy atom. The topological polar surface area (TPSA) is 178 Å². The van der Waals surface area contributed by atoms with E-state index in [4.69, 9.17) is 9.94 Å². The number of nitrogens with one attached hydrogen (secondary N) is 3. The first-order chi connectivity index (χ1) is 20.5. The van der Waals surface area contributed by atoms with Crippen LogP contribution in [-0.2, 0) is 31.2 Å². The molecule has 13 nitrogen and oxygen atoms in total. The van der Waals surface area contributed by atoms with Crippen LogP contribution in [0, 0.1) is 6.92 Å². The molecule has 2 atom stereocenters. The minimum atomic E-state index is -1.23. The van der Waals surface area contributed by atoms with Crippen LogP contribution in [0.5, 0.6) is 5.75 Å². The number of hydroxylamine groups is 1. The fourth-order valence-corrected chi connectivity index (χ4v) is 5.02. The first kappa shape index (κ1) is 33.8. The highest BCUT2D eigenvalue weighted by atomic mass is 16.5. The fraction of sp³-hybridized carbons (Fsp3) is 0.452. The molecule has 1 aliphatic rings. The fourth-order valence-electron chi connectivity index (χ4n) is 5.02. The molecule has 238 valence electrons. The third-order valence-electron chi connectivity index (χ3n) is 7.65. The van der Waals surface area contributed by atoms with Crippen molar-refractivity contribution < 1.29 is 39.0 Å². The maximum atomic E-state index is 13.2. The summed E-state index contributed by atoms with van der Waals surface area (Å²) < 4.78 is 5.95. The van der Waals surface area contributed by atoms with Crippen LogP contribution in [0.2, 0.25) is 0 Å². The van der Waals surface area contributed by atoms with E-state index in [1.807, 2.05) is 32.0 Å². The number of ether oxygens (including phenoxy) is 1. The number of hydrogen-bond acceptors (Lipinski definition) is 7. The van der Waals surface area contributed by atoms with Gasteiger partial charge in [-0.2, -0.15) is 0 Å². The lowest BCUT2D eigenvalue weighted by Crippen LogP contribution is -2.50. The van der Waals surface area contributed by atoms with Gasteiger partial charge < -0.3 is 25.4 Å². The second-order valence-electron chi connectivity index (χ2n) is 12.1. The van der Waals surface area contributed by atoms with Crippen molar-refractivity contribution in [3.05, 3.63) is 59.2 Å². The normalized spacial score (nSPS) is 17.1. The lowest BCUT2D eigenvalue weighted by atomic mass is 9.81. The average Bonchev–Trinajstić information content (AvgIpc) is 3.26. The van der Waals surface area contributed by atoms with Gasteiger partial charge in [0.2, 0.25) is 17.7 Å². The molecule has 44 heavy (non-hydrogen) atoms. The van der Waals surface area contributed by atoms with E-state index in [9.17, 15) is 29.1 Å². The average molecular weight is 612 g/mol. The van der Waals surface area contributed by atoms with Gasteiger partial charge in [-0.15, -0.1) is 0 Å². The molecule has 13 heteroatoms. The van der Waals surface area contributed by atoms with Crippen LogP contribution in [-0.4, -0.2) is 81.1 Å². The van der Waals surface area contributed by atoms with Gasteiger partial charge in [0, 0.05) is 17.8 Å². The monoisotopic (exact) mass is 611 g/mol. The van der Waals surface area contributed by atoms with Crippen LogP contribution < -0.4 is 20.9 Å². The minimum Gasteiger partial charge on any atom is -0.489 e. The van der Waals surface area contributed by atoms with E-state index in [0.29, 0.717) is 24.4 Å². The Labute approximate surface area is 256 Å². The van der Waals surface area contributed by atoms with Crippen molar-refractivity contribution in [3.8, 4) is 5.75 Å². The van der Waals surface area contributed by atoms with E-state index in [0.717, 1.165) is 21.6 Å². The molecule has 3 rings (SSSR count). The van der Waals surface area contributed by atoms with Crippen LogP contribution in [0.15, 0.2) is 42.5 Å². The van der Waals surface area contributed by atoms with Gasteiger partial charge in [0.1, 0.15) is 24.9 Å². The molecule has 1 saturated heterocycles. The zero-order chi connectivity index (χ0) is 32.8. The van der Waals surface area contributed by atoms with Gasteiger partial charge in [-0.1, -0.05) is 18.2 Å². The summed E-state index contributed by atoms with van der Waals surface area (Å²) in [6.45, 7) is 10.2. The largest absolute Gasteiger partial charge is 0.489 e. The number of anilines is 1. The van der Waals surface area contributed by atoms with Gasteiger partial charge in [-0.3, -0.25) is 29.3 Å². The third-order valence-corrected chi connectivity index (χ3v) is 7.65. The van der Waals surface area contributed by atoms with Crippen LogP contribution in [0.1, 0.15) is 57.7 Å². The summed E-state index contributed by atoms with van der Waals surface area (Å²) in [5, 5.41) is 23.5. The summed E-state index contributed by atoms with van der Waals surface area (Å²) >= 11 is 0. The van der Waals surface area contributed by atoms with E-state index >= 15 is 0 Å². The maximum absolute atomic E-state index is 13.2. The van der Waals surface area contributed by atoms with E-state index in [-0.39, 0.29) is 19.1 Å². The highest BCUT2D eigenvalue weighted by Gasteiger charge is 2.46. The highest BCUT2D eigenvalue weighted by Crippen LogP contribution is 2.37. The standard InChI is InChI=1S/C31H41N5O8/c1-19-13-21(15-23(14-19)33-25(37)16-32-26(38)17-36(29(41)42)30(3,4)5)18-44-24-9-7-22(8-10-24)31(6)11-12-35(28(31)40)20(2)27(39)34-43/h7-10,13-15,20,43H,11-12,16-18H2,1-6H3,(H,32,38)(H,33,37)(H,34,39)(H,41,42). The molecule has 0 aliphatic carbocycles. The lowest BCUT2D eigenvalue weighted by molar-refractivity contribution is -0.143. The second kappa shape index (κ2) is 13.8. The summed E-state index contributed by atoms with van der Waals surface area (Å²) in [6.07, 6.45) is -0.706. The van der Waals surface area contributed by atoms with Gasteiger partial charge in [0.25, 0.3) is 5.91 Å². The highest BCUT2D eigenvalue weighted by molar-refractivity contribution is 5.95. The molecule has 0 aromatic heterocycles. The van der Waals surface area contributed by atoms with E-state index in [1.165, 1.54) is 4.90 Å².